The second-order valence-corrected chi connectivity index (χ2v) is 2.34. The van der Waals surface area contributed by atoms with Crippen LogP contribution < -0.4 is 0 Å². The molecule has 0 aliphatic rings. The van der Waals surface area contributed by atoms with Gasteiger partial charge in [0.15, 0.2) is 0 Å². The van der Waals surface area contributed by atoms with E-state index in [1.807, 2.05) is 6.92 Å². The summed E-state index contributed by atoms with van der Waals surface area (Å²) in [7, 11) is 0. The van der Waals surface area contributed by atoms with E-state index in [-0.39, 0.29) is 0 Å². The van der Waals surface area contributed by atoms with Crippen molar-refractivity contribution in [3.63, 3.8) is 0 Å². The van der Waals surface area contributed by atoms with E-state index in [0.717, 1.165) is 30.6 Å². The van der Waals surface area contributed by atoms with Crippen molar-refractivity contribution in [2.24, 2.45) is 0 Å². The number of hydrogen-bond acceptors (Lipinski definition) is 3. The summed E-state index contributed by atoms with van der Waals surface area (Å²) in [5, 5.41) is 7.97. The molecule has 0 aromatic carbocycles. The first-order valence-electron chi connectivity index (χ1n) is 2.79. The Labute approximate surface area is 58.6 Å². The van der Waals surface area contributed by atoms with Gasteiger partial charge in [-0.25, -0.2) is 4.79 Å². The standard InChI is InChI=1S/C5H10O3S/c1-2-3-4-9-8-5(6)7/h2-4H2,1H3,(H,6,7). The average molecular weight is 150 g/mol. The van der Waals surface area contributed by atoms with Crippen LogP contribution in [0.1, 0.15) is 19.8 Å². The summed E-state index contributed by atoms with van der Waals surface area (Å²) in [5.74, 6) is 0.753. The maximum atomic E-state index is 9.72. The molecule has 0 rings (SSSR count). The van der Waals surface area contributed by atoms with Crippen LogP contribution in [0.5, 0.6) is 0 Å². The molecule has 1 N–H and O–H groups in total. The minimum absolute atomic E-state index is 0.753. The summed E-state index contributed by atoms with van der Waals surface area (Å²) >= 11 is 0.986. The zero-order chi connectivity index (χ0) is 7.11. The molecule has 0 aliphatic heterocycles. The molecular formula is C5H10O3S. The summed E-state index contributed by atoms with van der Waals surface area (Å²) in [6.45, 7) is 2.04. The van der Waals surface area contributed by atoms with Gasteiger partial charge in [-0.1, -0.05) is 13.3 Å². The van der Waals surface area contributed by atoms with Crippen LogP contribution in [0.2, 0.25) is 0 Å². The van der Waals surface area contributed by atoms with Gasteiger partial charge in [0.1, 0.15) is 0 Å². The summed E-state index contributed by atoms with van der Waals surface area (Å²) in [6.07, 6.45) is 0.851. The summed E-state index contributed by atoms with van der Waals surface area (Å²) in [5.41, 5.74) is 0. The van der Waals surface area contributed by atoms with Crippen molar-refractivity contribution >= 4 is 18.2 Å². The van der Waals surface area contributed by atoms with Crippen LogP contribution in [0.25, 0.3) is 0 Å². The maximum absolute atomic E-state index is 9.72. The Morgan fingerprint density at radius 1 is 1.78 bits per heavy atom. The van der Waals surface area contributed by atoms with Gasteiger partial charge in [-0.05, 0) is 6.42 Å². The van der Waals surface area contributed by atoms with Gasteiger partial charge in [-0.3, -0.25) is 0 Å². The molecule has 0 aromatic heterocycles. The Kier molecular flexibility index (Phi) is 5.51. The molecule has 0 fully saturated rings. The van der Waals surface area contributed by atoms with Gasteiger partial charge in [0, 0.05) is 5.75 Å². The monoisotopic (exact) mass is 150 g/mol. The van der Waals surface area contributed by atoms with E-state index in [1.54, 1.807) is 0 Å². The third-order valence-corrected chi connectivity index (χ3v) is 1.43. The molecule has 0 bridgehead atoms. The van der Waals surface area contributed by atoms with E-state index in [4.69, 9.17) is 5.11 Å². The summed E-state index contributed by atoms with van der Waals surface area (Å²) < 4.78 is 4.18. The normalized spacial score (nSPS) is 9.00. The minimum atomic E-state index is -1.21. The molecule has 9 heavy (non-hydrogen) atoms. The van der Waals surface area contributed by atoms with E-state index < -0.39 is 6.16 Å². The van der Waals surface area contributed by atoms with Crippen LogP contribution in [-0.4, -0.2) is 17.0 Å². The molecular weight excluding hydrogens is 140 g/mol. The Balaban J connectivity index is 2.83. The number of rotatable bonds is 4. The average Bonchev–Trinajstić information content (AvgIpc) is 1.80. The molecule has 0 saturated carbocycles. The molecule has 0 unspecified atom stereocenters. The molecule has 0 amide bonds. The lowest BCUT2D eigenvalue weighted by Crippen LogP contribution is -1.92. The van der Waals surface area contributed by atoms with Crippen LogP contribution in [0, 0.1) is 0 Å². The van der Waals surface area contributed by atoms with Crippen molar-refractivity contribution in [3.05, 3.63) is 0 Å². The SMILES string of the molecule is CCCCSOC(=O)O. The van der Waals surface area contributed by atoms with Crippen LogP contribution >= 0.6 is 12.0 Å². The fourth-order valence-corrected chi connectivity index (χ4v) is 0.886. The van der Waals surface area contributed by atoms with Gasteiger partial charge < -0.3 is 9.29 Å². The molecule has 0 aromatic rings. The molecule has 0 aliphatic carbocycles. The highest BCUT2D eigenvalue weighted by Gasteiger charge is 1.94. The van der Waals surface area contributed by atoms with Gasteiger partial charge in [0.05, 0.1) is 12.0 Å². The van der Waals surface area contributed by atoms with Gasteiger partial charge in [-0.2, -0.15) is 0 Å². The lowest BCUT2D eigenvalue weighted by atomic mass is 10.4. The van der Waals surface area contributed by atoms with Crippen LogP contribution in [0.3, 0.4) is 0 Å². The van der Waals surface area contributed by atoms with Crippen molar-refractivity contribution in [2.75, 3.05) is 5.75 Å². The Morgan fingerprint density at radius 2 is 2.44 bits per heavy atom. The first kappa shape index (κ1) is 8.62. The van der Waals surface area contributed by atoms with Gasteiger partial charge in [-0.15, -0.1) is 0 Å². The number of carboxylic acid groups (broad SMARTS) is 1. The van der Waals surface area contributed by atoms with E-state index in [2.05, 4.69) is 4.18 Å². The quantitative estimate of drug-likeness (QED) is 0.492. The third kappa shape index (κ3) is 7.62. The molecule has 0 saturated heterocycles. The van der Waals surface area contributed by atoms with Gasteiger partial charge in [0.2, 0.25) is 0 Å². The zero-order valence-corrected chi connectivity index (χ0v) is 6.11. The van der Waals surface area contributed by atoms with E-state index in [0.29, 0.717) is 0 Å². The zero-order valence-electron chi connectivity index (χ0n) is 5.29. The lowest BCUT2D eigenvalue weighted by molar-refractivity contribution is 0.153. The highest BCUT2D eigenvalue weighted by atomic mass is 32.2. The predicted octanol–water partition coefficient (Wildman–Crippen LogP) is 2.13. The Morgan fingerprint density at radius 3 is 2.89 bits per heavy atom. The van der Waals surface area contributed by atoms with Gasteiger partial charge in [0.25, 0.3) is 0 Å². The first-order valence-corrected chi connectivity index (χ1v) is 3.70. The molecule has 0 spiro atoms. The van der Waals surface area contributed by atoms with Crippen LogP contribution in [-0.2, 0) is 4.18 Å². The number of carbonyl (C=O) groups is 1. The second-order valence-electron chi connectivity index (χ2n) is 1.52. The predicted molar refractivity (Wildman–Crippen MR) is 36.5 cm³/mol. The van der Waals surface area contributed by atoms with Crippen molar-refractivity contribution in [1.82, 2.24) is 0 Å². The van der Waals surface area contributed by atoms with Crippen LogP contribution in [0.4, 0.5) is 4.79 Å². The summed E-state index contributed by atoms with van der Waals surface area (Å²) in [4.78, 5) is 9.72. The fourth-order valence-electron chi connectivity index (χ4n) is 0.295. The highest BCUT2D eigenvalue weighted by Crippen LogP contribution is 2.05. The molecule has 0 radical (unpaired) electrons. The van der Waals surface area contributed by atoms with E-state index in [9.17, 15) is 4.79 Å². The Hall–Kier alpha value is -0.380. The maximum Gasteiger partial charge on any atom is 0.518 e. The first-order chi connectivity index (χ1) is 4.27. The van der Waals surface area contributed by atoms with Crippen molar-refractivity contribution in [2.45, 2.75) is 19.8 Å². The fraction of sp³-hybridized carbons (Fsp3) is 0.800. The number of hydrogen-bond donors (Lipinski definition) is 1. The molecule has 4 heteroatoms. The molecule has 54 valence electrons. The van der Waals surface area contributed by atoms with Crippen LogP contribution in [0.15, 0.2) is 0 Å². The van der Waals surface area contributed by atoms with E-state index >= 15 is 0 Å². The smallest absolute Gasteiger partial charge is 0.449 e. The summed E-state index contributed by atoms with van der Waals surface area (Å²) in [6, 6.07) is 0. The number of unbranched alkanes of at least 4 members (excludes halogenated alkanes) is 1. The van der Waals surface area contributed by atoms with Crippen molar-refractivity contribution < 1.29 is 14.1 Å². The topological polar surface area (TPSA) is 46.5 Å². The Bertz CT molecular complexity index is 84.3. The van der Waals surface area contributed by atoms with E-state index in [1.165, 1.54) is 0 Å². The largest absolute Gasteiger partial charge is 0.518 e. The third-order valence-electron chi connectivity index (χ3n) is 0.711. The minimum Gasteiger partial charge on any atom is -0.449 e. The second kappa shape index (κ2) is 5.75. The highest BCUT2D eigenvalue weighted by molar-refractivity contribution is 7.95. The van der Waals surface area contributed by atoms with Gasteiger partial charge >= 0.3 is 6.16 Å². The lowest BCUT2D eigenvalue weighted by Gasteiger charge is -1.94. The van der Waals surface area contributed by atoms with Crippen molar-refractivity contribution in [1.29, 1.82) is 0 Å². The molecule has 3 nitrogen and oxygen atoms in total. The van der Waals surface area contributed by atoms with Crippen molar-refractivity contribution in [3.8, 4) is 0 Å². The molecule has 0 heterocycles. The molecule has 0 atom stereocenters.